The first-order valence-corrected chi connectivity index (χ1v) is 12.8. The minimum Gasteiger partial charge on any atom is -0.493 e. The van der Waals surface area contributed by atoms with Crippen LogP contribution in [0.3, 0.4) is 0 Å². The molecule has 2 aromatic carbocycles. The molecule has 0 bridgehead atoms. The van der Waals surface area contributed by atoms with Gasteiger partial charge < -0.3 is 28.7 Å². The number of methoxy groups -OCH3 is 2. The number of hydrogen-bond donors (Lipinski definition) is 1. The highest BCUT2D eigenvalue weighted by Crippen LogP contribution is 2.33. The van der Waals surface area contributed by atoms with Gasteiger partial charge in [-0.3, -0.25) is 9.69 Å². The number of unbranched alkanes of at least 4 members (excludes halogenated alkanes) is 3. The molecule has 1 amide bonds. The largest absolute Gasteiger partial charge is 0.493 e. The highest BCUT2D eigenvalue weighted by molar-refractivity contribution is 5.91. The number of nitrogens with zero attached hydrogens (tertiary/aromatic N) is 1. The van der Waals surface area contributed by atoms with E-state index in [0.29, 0.717) is 43.4 Å². The highest BCUT2D eigenvalue weighted by Gasteiger charge is 2.18. The van der Waals surface area contributed by atoms with Crippen molar-refractivity contribution < 1.29 is 28.2 Å². The average molecular weight is 509 g/mol. The van der Waals surface area contributed by atoms with Gasteiger partial charge in [0.1, 0.15) is 5.76 Å². The van der Waals surface area contributed by atoms with Crippen molar-refractivity contribution in [2.75, 3.05) is 27.6 Å². The van der Waals surface area contributed by atoms with Crippen LogP contribution in [0.25, 0.3) is 0 Å². The molecule has 4 rings (SSSR count). The molecule has 3 aromatic rings. The Labute approximate surface area is 218 Å². The SMILES string of the molecule is CCCCCCNC(=O)c1ccc(CN(Cc2ccc(OC)c(OC)c2)Cc2ccc3c(c2)OCO3)o1. The highest BCUT2D eigenvalue weighted by atomic mass is 16.7. The zero-order valence-electron chi connectivity index (χ0n) is 21.9. The summed E-state index contributed by atoms with van der Waals surface area (Å²) in [5.41, 5.74) is 2.15. The van der Waals surface area contributed by atoms with Gasteiger partial charge in [0.25, 0.3) is 5.91 Å². The maximum atomic E-state index is 12.5. The van der Waals surface area contributed by atoms with Gasteiger partial charge in [-0.2, -0.15) is 0 Å². The monoisotopic (exact) mass is 508 g/mol. The van der Waals surface area contributed by atoms with Crippen molar-refractivity contribution in [1.82, 2.24) is 10.2 Å². The minimum atomic E-state index is -0.176. The fourth-order valence-corrected chi connectivity index (χ4v) is 4.35. The molecular weight excluding hydrogens is 472 g/mol. The number of carbonyl (C=O) groups is 1. The van der Waals surface area contributed by atoms with Gasteiger partial charge in [0, 0.05) is 19.6 Å². The van der Waals surface area contributed by atoms with Crippen molar-refractivity contribution in [2.45, 2.75) is 52.2 Å². The summed E-state index contributed by atoms with van der Waals surface area (Å²) in [6.07, 6.45) is 4.44. The summed E-state index contributed by atoms with van der Waals surface area (Å²) in [4.78, 5) is 14.8. The topological polar surface area (TPSA) is 82.4 Å². The van der Waals surface area contributed by atoms with Gasteiger partial charge in [-0.15, -0.1) is 0 Å². The number of nitrogens with one attached hydrogen (secondary N) is 1. The Hall–Kier alpha value is -3.65. The first-order valence-electron chi connectivity index (χ1n) is 12.8. The molecule has 0 fully saturated rings. The molecule has 0 unspecified atom stereocenters. The summed E-state index contributed by atoms with van der Waals surface area (Å²) in [6, 6.07) is 15.5. The second kappa shape index (κ2) is 13.1. The number of carbonyl (C=O) groups excluding carboxylic acids is 1. The van der Waals surface area contributed by atoms with Crippen LogP contribution in [-0.4, -0.2) is 38.4 Å². The molecule has 0 atom stereocenters. The van der Waals surface area contributed by atoms with Gasteiger partial charge in [-0.05, 0) is 53.9 Å². The second-order valence-corrected chi connectivity index (χ2v) is 9.10. The van der Waals surface area contributed by atoms with E-state index in [-0.39, 0.29) is 12.7 Å². The molecule has 198 valence electrons. The molecule has 0 aliphatic carbocycles. The number of furan rings is 1. The Kier molecular flexibility index (Phi) is 9.32. The van der Waals surface area contributed by atoms with Crippen LogP contribution < -0.4 is 24.3 Å². The summed E-state index contributed by atoms with van der Waals surface area (Å²) in [7, 11) is 3.25. The summed E-state index contributed by atoms with van der Waals surface area (Å²) >= 11 is 0. The van der Waals surface area contributed by atoms with E-state index in [1.165, 1.54) is 12.8 Å². The number of fused-ring (bicyclic) bond motifs is 1. The number of amides is 1. The third kappa shape index (κ3) is 7.20. The van der Waals surface area contributed by atoms with E-state index < -0.39 is 0 Å². The third-order valence-electron chi connectivity index (χ3n) is 6.28. The second-order valence-electron chi connectivity index (χ2n) is 9.10. The first-order chi connectivity index (χ1) is 18.1. The predicted molar refractivity (Wildman–Crippen MR) is 140 cm³/mol. The Bertz CT molecular complexity index is 1170. The number of benzene rings is 2. The molecule has 2 heterocycles. The van der Waals surface area contributed by atoms with Crippen LogP contribution in [0.1, 0.15) is 60.0 Å². The number of hydrogen-bond acceptors (Lipinski definition) is 7. The van der Waals surface area contributed by atoms with Crippen LogP contribution in [0.4, 0.5) is 0 Å². The van der Waals surface area contributed by atoms with Crippen molar-refractivity contribution in [2.24, 2.45) is 0 Å². The number of ether oxygens (including phenoxy) is 4. The smallest absolute Gasteiger partial charge is 0.286 e. The van der Waals surface area contributed by atoms with Gasteiger partial charge in [0.2, 0.25) is 6.79 Å². The van der Waals surface area contributed by atoms with Crippen molar-refractivity contribution >= 4 is 5.91 Å². The lowest BCUT2D eigenvalue weighted by molar-refractivity contribution is 0.0920. The van der Waals surface area contributed by atoms with Crippen LogP contribution in [0, 0.1) is 0 Å². The van der Waals surface area contributed by atoms with Crippen LogP contribution in [-0.2, 0) is 19.6 Å². The van der Waals surface area contributed by atoms with Crippen molar-refractivity contribution in [3.8, 4) is 23.0 Å². The van der Waals surface area contributed by atoms with Gasteiger partial charge in [0.05, 0.1) is 20.8 Å². The third-order valence-corrected chi connectivity index (χ3v) is 6.28. The Morgan fingerprint density at radius 2 is 1.62 bits per heavy atom. The van der Waals surface area contributed by atoms with E-state index in [1.54, 1.807) is 20.3 Å². The zero-order chi connectivity index (χ0) is 26.0. The average Bonchev–Trinajstić information content (AvgIpc) is 3.57. The van der Waals surface area contributed by atoms with Crippen molar-refractivity contribution in [3.63, 3.8) is 0 Å². The van der Waals surface area contributed by atoms with E-state index in [9.17, 15) is 4.79 Å². The normalized spacial score (nSPS) is 12.1. The van der Waals surface area contributed by atoms with Crippen molar-refractivity contribution in [3.05, 3.63) is 71.2 Å². The van der Waals surface area contributed by atoms with Crippen LogP contribution >= 0.6 is 0 Å². The Balaban J connectivity index is 1.46. The van der Waals surface area contributed by atoms with Crippen LogP contribution in [0.5, 0.6) is 23.0 Å². The Morgan fingerprint density at radius 1 is 0.865 bits per heavy atom. The van der Waals surface area contributed by atoms with Gasteiger partial charge in [0.15, 0.2) is 28.8 Å². The predicted octanol–water partition coefficient (Wildman–Crippen LogP) is 5.54. The fraction of sp³-hybridized carbons (Fsp3) is 0.414. The number of rotatable bonds is 14. The fourth-order valence-electron chi connectivity index (χ4n) is 4.35. The van der Waals surface area contributed by atoms with Gasteiger partial charge in [-0.1, -0.05) is 38.3 Å². The van der Waals surface area contributed by atoms with Crippen LogP contribution in [0.15, 0.2) is 52.9 Å². The molecule has 0 saturated heterocycles. The molecule has 37 heavy (non-hydrogen) atoms. The molecule has 8 nitrogen and oxygen atoms in total. The van der Waals surface area contributed by atoms with E-state index in [1.807, 2.05) is 42.5 Å². The Morgan fingerprint density at radius 3 is 2.41 bits per heavy atom. The van der Waals surface area contributed by atoms with E-state index in [0.717, 1.165) is 41.2 Å². The van der Waals surface area contributed by atoms with E-state index >= 15 is 0 Å². The van der Waals surface area contributed by atoms with Crippen LogP contribution in [0.2, 0.25) is 0 Å². The molecule has 8 heteroatoms. The molecule has 0 spiro atoms. The summed E-state index contributed by atoms with van der Waals surface area (Å²) in [5, 5.41) is 2.95. The molecule has 0 radical (unpaired) electrons. The molecule has 1 N–H and O–H groups in total. The van der Waals surface area contributed by atoms with E-state index in [4.69, 9.17) is 23.4 Å². The quantitative estimate of drug-likeness (QED) is 0.286. The lowest BCUT2D eigenvalue weighted by atomic mass is 10.1. The summed E-state index contributed by atoms with van der Waals surface area (Å²) in [5.74, 6) is 3.75. The van der Waals surface area contributed by atoms with Crippen molar-refractivity contribution in [1.29, 1.82) is 0 Å². The molecule has 1 aromatic heterocycles. The molecule has 1 aliphatic rings. The molecule has 0 saturated carbocycles. The lowest BCUT2D eigenvalue weighted by Gasteiger charge is -2.22. The molecule has 1 aliphatic heterocycles. The minimum absolute atomic E-state index is 0.176. The first kappa shape index (κ1) is 26.4. The van der Waals surface area contributed by atoms with Gasteiger partial charge >= 0.3 is 0 Å². The van der Waals surface area contributed by atoms with Gasteiger partial charge in [-0.25, -0.2) is 0 Å². The van der Waals surface area contributed by atoms with E-state index in [2.05, 4.69) is 17.1 Å². The maximum absolute atomic E-state index is 12.5. The standard InChI is InChI=1S/C29H36N2O6/c1-4-5-6-7-14-30-29(32)26-13-10-23(37-26)19-31(17-21-8-11-24(33-2)27(15-21)34-3)18-22-9-12-25-28(16-22)36-20-35-25/h8-13,15-16H,4-7,14,17-20H2,1-3H3,(H,30,32). The lowest BCUT2D eigenvalue weighted by Crippen LogP contribution is -2.24. The maximum Gasteiger partial charge on any atom is 0.286 e. The summed E-state index contributed by atoms with van der Waals surface area (Å²) < 4.78 is 27.8. The summed E-state index contributed by atoms with van der Waals surface area (Å²) in [6.45, 7) is 4.87. The molecular formula is C29H36N2O6. The zero-order valence-corrected chi connectivity index (χ0v) is 21.9.